The number of rotatable bonds is 7. The molecule has 0 radical (unpaired) electrons. The molecule has 3 aromatic carbocycles. The Bertz CT molecular complexity index is 1490. The van der Waals surface area contributed by atoms with Gasteiger partial charge in [-0.1, -0.05) is 18.2 Å². The lowest BCUT2D eigenvalue weighted by atomic mass is 10.0. The van der Waals surface area contributed by atoms with Crippen LogP contribution in [0.1, 0.15) is 23.0 Å². The first-order chi connectivity index (χ1) is 16.6. The van der Waals surface area contributed by atoms with Crippen molar-refractivity contribution in [2.24, 2.45) is 0 Å². The van der Waals surface area contributed by atoms with E-state index < -0.39 is 0 Å². The summed E-state index contributed by atoms with van der Waals surface area (Å²) in [5.74, 6) is 1.08. The molecule has 7 nitrogen and oxygen atoms in total. The second kappa shape index (κ2) is 9.15. The lowest BCUT2D eigenvalue weighted by Gasteiger charge is -2.12. The van der Waals surface area contributed by atoms with Crippen LogP contribution in [-0.2, 0) is 11.3 Å². The minimum absolute atomic E-state index is 0.280. The average Bonchev–Trinajstić information content (AvgIpc) is 3.46. The zero-order chi connectivity index (χ0) is 23.7. The van der Waals surface area contributed by atoms with Gasteiger partial charge in [-0.15, -0.1) is 0 Å². The molecule has 0 N–H and O–H groups in total. The van der Waals surface area contributed by atoms with Crippen LogP contribution in [0, 0.1) is 0 Å². The Morgan fingerprint density at radius 2 is 1.65 bits per heavy atom. The van der Waals surface area contributed by atoms with Crippen molar-refractivity contribution in [1.82, 2.24) is 13.3 Å². The van der Waals surface area contributed by atoms with Crippen LogP contribution in [0.2, 0.25) is 0 Å². The third kappa shape index (κ3) is 3.86. The summed E-state index contributed by atoms with van der Waals surface area (Å²) in [6, 6.07) is 19.5. The summed E-state index contributed by atoms with van der Waals surface area (Å²) in [6.07, 6.45) is 0. The molecule has 0 bridgehead atoms. The molecule has 5 aromatic rings. The van der Waals surface area contributed by atoms with Gasteiger partial charge in [0.05, 0.1) is 38.1 Å². The SMILES string of the molecule is CCOC(=O)c1c(-c2ccc(OC)cc2)c2ccc(OC)cc2n1Cc1ccc2nsnc2c1. The minimum atomic E-state index is -0.375. The molecule has 0 amide bonds. The number of esters is 1. The molecule has 8 heteroatoms. The molecule has 5 rings (SSSR count). The third-order valence-electron chi connectivity index (χ3n) is 5.78. The Balaban J connectivity index is 1.76. The summed E-state index contributed by atoms with van der Waals surface area (Å²) in [7, 11) is 3.26. The quantitative estimate of drug-likeness (QED) is 0.288. The van der Waals surface area contributed by atoms with Crippen molar-refractivity contribution >= 4 is 39.6 Å². The third-order valence-corrected chi connectivity index (χ3v) is 6.33. The summed E-state index contributed by atoms with van der Waals surface area (Å²) in [5, 5.41) is 0.936. The van der Waals surface area contributed by atoms with Gasteiger partial charge in [0.1, 0.15) is 28.2 Å². The molecule has 0 saturated carbocycles. The molecule has 172 valence electrons. The van der Waals surface area contributed by atoms with Gasteiger partial charge in [0.15, 0.2) is 0 Å². The van der Waals surface area contributed by atoms with Crippen LogP contribution < -0.4 is 9.47 Å². The Morgan fingerprint density at radius 1 is 0.912 bits per heavy atom. The number of ether oxygens (including phenoxy) is 3. The van der Waals surface area contributed by atoms with Gasteiger partial charge < -0.3 is 18.8 Å². The molecule has 0 aliphatic carbocycles. The number of carbonyl (C=O) groups is 1. The Morgan fingerprint density at radius 3 is 2.38 bits per heavy atom. The highest BCUT2D eigenvalue weighted by Gasteiger charge is 2.25. The van der Waals surface area contributed by atoms with Crippen molar-refractivity contribution in [3.63, 3.8) is 0 Å². The van der Waals surface area contributed by atoms with Crippen LogP contribution in [-0.4, -0.2) is 40.1 Å². The van der Waals surface area contributed by atoms with Crippen LogP contribution in [0.25, 0.3) is 33.1 Å². The van der Waals surface area contributed by atoms with E-state index in [1.165, 1.54) is 11.7 Å². The monoisotopic (exact) mass is 473 g/mol. The van der Waals surface area contributed by atoms with E-state index in [2.05, 4.69) is 8.75 Å². The van der Waals surface area contributed by atoms with E-state index >= 15 is 0 Å². The van der Waals surface area contributed by atoms with E-state index in [9.17, 15) is 4.79 Å². The normalized spacial score (nSPS) is 11.1. The Labute approximate surface area is 200 Å². The maximum absolute atomic E-state index is 13.3. The highest BCUT2D eigenvalue weighted by molar-refractivity contribution is 7.00. The van der Waals surface area contributed by atoms with Crippen LogP contribution in [0.3, 0.4) is 0 Å². The summed E-state index contributed by atoms with van der Waals surface area (Å²) in [5.41, 5.74) is 5.79. The van der Waals surface area contributed by atoms with E-state index in [0.717, 1.165) is 44.4 Å². The molecule has 0 spiro atoms. The fourth-order valence-corrected chi connectivity index (χ4v) is 4.71. The van der Waals surface area contributed by atoms with E-state index in [4.69, 9.17) is 14.2 Å². The molecule has 2 aromatic heterocycles. The zero-order valence-electron chi connectivity index (χ0n) is 19.1. The number of fused-ring (bicyclic) bond motifs is 2. The first-order valence-electron chi connectivity index (χ1n) is 10.9. The van der Waals surface area contributed by atoms with Gasteiger partial charge in [0.25, 0.3) is 0 Å². The number of aromatic nitrogens is 3. The number of hydrogen-bond acceptors (Lipinski definition) is 7. The van der Waals surface area contributed by atoms with Crippen LogP contribution >= 0.6 is 11.7 Å². The summed E-state index contributed by atoms with van der Waals surface area (Å²) >= 11 is 1.19. The fraction of sp³-hybridized carbons (Fsp3) is 0.192. The highest BCUT2D eigenvalue weighted by Crippen LogP contribution is 2.38. The molecule has 2 heterocycles. The molecule has 0 saturated heterocycles. The van der Waals surface area contributed by atoms with E-state index in [-0.39, 0.29) is 12.6 Å². The summed E-state index contributed by atoms with van der Waals surface area (Å²) in [6.45, 7) is 2.55. The largest absolute Gasteiger partial charge is 0.497 e. The number of carbonyl (C=O) groups excluding carboxylic acids is 1. The molecule has 0 unspecified atom stereocenters. The highest BCUT2D eigenvalue weighted by atomic mass is 32.1. The maximum Gasteiger partial charge on any atom is 0.355 e. The first-order valence-corrected chi connectivity index (χ1v) is 11.6. The predicted octanol–water partition coefficient (Wildman–Crippen LogP) is 5.56. The summed E-state index contributed by atoms with van der Waals surface area (Å²) < 4.78 is 27.0. The van der Waals surface area contributed by atoms with Gasteiger partial charge in [0, 0.05) is 23.6 Å². The van der Waals surface area contributed by atoms with Crippen molar-refractivity contribution < 1.29 is 19.0 Å². The van der Waals surface area contributed by atoms with Gasteiger partial charge in [0.2, 0.25) is 0 Å². The lowest BCUT2D eigenvalue weighted by Crippen LogP contribution is -2.14. The topological polar surface area (TPSA) is 75.5 Å². The van der Waals surface area contributed by atoms with E-state index in [1.54, 1.807) is 14.2 Å². The van der Waals surface area contributed by atoms with Crippen LogP contribution in [0.15, 0.2) is 60.7 Å². The number of nitrogens with zero attached hydrogens (tertiary/aromatic N) is 3. The van der Waals surface area contributed by atoms with E-state index in [0.29, 0.717) is 18.0 Å². The zero-order valence-corrected chi connectivity index (χ0v) is 19.9. The standard InChI is InChI=1S/C26H23N3O4S/c1-4-33-26(30)25-24(17-6-8-18(31-2)9-7-17)20-11-10-19(32-3)14-23(20)29(25)15-16-5-12-21-22(13-16)28-34-27-21/h5-14H,4,15H2,1-3H3. The molecule has 0 aliphatic rings. The van der Waals surface area contributed by atoms with Crippen LogP contribution in [0.5, 0.6) is 11.5 Å². The molecule has 34 heavy (non-hydrogen) atoms. The fourth-order valence-electron chi connectivity index (χ4n) is 4.19. The van der Waals surface area contributed by atoms with Crippen molar-refractivity contribution in [3.05, 3.63) is 71.9 Å². The molecular formula is C26H23N3O4S. The van der Waals surface area contributed by atoms with Crippen molar-refractivity contribution in [2.45, 2.75) is 13.5 Å². The Hall–Kier alpha value is -3.91. The molecular weight excluding hydrogens is 450 g/mol. The second-order valence-corrected chi connectivity index (χ2v) is 8.26. The maximum atomic E-state index is 13.3. The number of hydrogen-bond donors (Lipinski definition) is 0. The van der Waals surface area contributed by atoms with Gasteiger partial charge in [-0.05, 0) is 54.4 Å². The van der Waals surface area contributed by atoms with Gasteiger partial charge in [-0.25, -0.2) is 4.79 Å². The van der Waals surface area contributed by atoms with Crippen molar-refractivity contribution in [1.29, 1.82) is 0 Å². The smallest absolute Gasteiger partial charge is 0.355 e. The molecule has 0 fully saturated rings. The number of benzene rings is 3. The lowest BCUT2D eigenvalue weighted by molar-refractivity contribution is 0.0516. The molecule has 0 aliphatic heterocycles. The minimum Gasteiger partial charge on any atom is -0.497 e. The first kappa shape index (κ1) is 21.9. The van der Waals surface area contributed by atoms with Gasteiger partial charge >= 0.3 is 5.97 Å². The molecule has 0 atom stereocenters. The average molecular weight is 474 g/mol. The number of methoxy groups -OCH3 is 2. The van der Waals surface area contributed by atoms with Gasteiger partial charge in [-0.3, -0.25) is 0 Å². The van der Waals surface area contributed by atoms with Gasteiger partial charge in [-0.2, -0.15) is 8.75 Å². The Kier molecular flexibility index (Phi) is 5.90. The predicted molar refractivity (Wildman–Crippen MR) is 133 cm³/mol. The van der Waals surface area contributed by atoms with E-state index in [1.807, 2.05) is 72.2 Å². The van der Waals surface area contributed by atoms with Crippen LogP contribution in [0.4, 0.5) is 0 Å². The second-order valence-electron chi connectivity index (χ2n) is 7.73. The summed E-state index contributed by atoms with van der Waals surface area (Å²) in [4.78, 5) is 13.3. The van der Waals surface area contributed by atoms with Crippen molar-refractivity contribution in [2.75, 3.05) is 20.8 Å². The van der Waals surface area contributed by atoms with Crippen molar-refractivity contribution in [3.8, 4) is 22.6 Å².